The topological polar surface area (TPSA) is 37.3 Å². The molecule has 1 aliphatic rings. The highest BCUT2D eigenvalue weighted by molar-refractivity contribution is 5.32. The van der Waals surface area contributed by atoms with Gasteiger partial charge in [-0.1, -0.05) is 19.1 Å². The SMILES string of the molecule is C=C1CC(C)C1.O=CO. The molecule has 0 aromatic heterocycles. The van der Waals surface area contributed by atoms with Crippen molar-refractivity contribution in [2.24, 2.45) is 5.92 Å². The highest BCUT2D eigenvalue weighted by Gasteiger charge is 2.14. The summed E-state index contributed by atoms with van der Waals surface area (Å²) in [5.41, 5.74) is 1.43. The lowest BCUT2D eigenvalue weighted by atomic mass is 9.83. The van der Waals surface area contributed by atoms with Crippen LogP contribution in [0.2, 0.25) is 0 Å². The lowest BCUT2D eigenvalue weighted by Gasteiger charge is -2.23. The Morgan fingerprint density at radius 3 is 2.11 bits per heavy atom. The highest BCUT2D eigenvalue weighted by atomic mass is 16.3. The molecule has 0 aromatic carbocycles. The second kappa shape index (κ2) is 4.13. The van der Waals surface area contributed by atoms with Crippen molar-refractivity contribution in [1.29, 1.82) is 0 Å². The first-order valence-electron chi connectivity index (χ1n) is 2.95. The van der Waals surface area contributed by atoms with Crippen molar-refractivity contribution in [1.82, 2.24) is 0 Å². The van der Waals surface area contributed by atoms with Gasteiger partial charge in [0.15, 0.2) is 0 Å². The van der Waals surface area contributed by atoms with Crippen molar-refractivity contribution in [2.45, 2.75) is 19.8 Å². The van der Waals surface area contributed by atoms with Crippen LogP contribution >= 0.6 is 0 Å². The van der Waals surface area contributed by atoms with E-state index in [9.17, 15) is 0 Å². The van der Waals surface area contributed by atoms with Gasteiger partial charge in [-0.25, -0.2) is 0 Å². The lowest BCUT2D eigenvalue weighted by molar-refractivity contribution is -0.122. The van der Waals surface area contributed by atoms with E-state index >= 15 is 0 Å². The van der Waals surface area contributed by atoms with Crippen LogP contribution in [0.4, 0.5) is 0 Å². The number of carboxylic acid groups (broad SMARTS) is 1. The molecule has 0 bridgehead atoms. The molecule has 0 aliphatic heterocycles. The van der Waals surface area contributed by atoms with Gasteiger partial charge < -0.3 is 5.11 Å². The minimum atomic E-state index is -0.250. The molecule has 1 N–H and O–H groups in total. The maximum absolute atomic E-state index is 8.36. The molecule has 0 spiro atoms. The molecule has 0 unspecified atom stereocenters. The van der Waals surface area contributed by atoms with Crippen LogP contribution in [0.25, 0.3) is 0 Å². The summed E-state index contributed by atoms with van der Waals surface area (Å²) in [6, 6.07) is 0. The maximum Gasteiger partial charge on any atom is 0.290 e. The molecule has 0 aromatic rings. The Balaban J connectivity index is 0.000000187. The van der Waals surface area contributed by atoms with Crippen LogP contribution in [0.3, 0.4) is 0 Å². The van der Waals surface area contributed by atoms with Crippen molar-refractivity contribution >= 4 is 6.47 Å². The predicted molar refractivity (Wildman–Crippen MR) is 36.2 cm³/mol. The van der Waals surface area contributed by atoms with Crippen molar-refractivity contribution in [2.75, 3.05) is 0 Å². The molecule has 9 heavy (non-hydrogen) atoms. The van der Waals surface area contributed by atoms with Gasteiger partial charge in [-0.3, -0.25) is 4.79 Å². The number of hydrogen-bond donors (Lipinski definition) is 1. The number of hydrogen-bond acceptors (Lipinski definition) is 1. The van der Waals surface area contributed by atoms with Gasteiger partial charge in [0.1, 0.15) is 0 Å². The second-order valence-electron chi connectivity index (χ2n) is 2.37. The summed E-state index contributed by atoms with van der Waals surface area (Å²) >= 11 is 0. The molecule has 52 valence electrons. The Bertz CT molecular complexity index is 99.5. The average Bonchev–Trinajstić information content (AvgIpc) is 1.65. The van der Waals surface area contributed by atoms with Crippen LogP contribution in [0, 0.1) is 5.92 Å². The molecule has 2 heteroatoms. The fourth-order valence-electron chi connectivity index (χ4n) is 0.926. The molecule has 0 radical (unpaired) electrons. The van der Waals surface area contributed by atoms with Crippen LogP contribution in [0.1, 0.15) is 19.8 Å². The summed E-state index contributed by atoms with van der Waals surface area (Å²) in [5, 5.41) is 6.89. The van der Waals surface area contributed by atoms with Crippen LogP contribution in [0.5, 0.6) is 0 Å². The third-order valence-corrected chi connectivity index (χ3v) is 1.27. The number of carbonyl (C=O) groups is 1. The van der Waals surface area contributed by atoms with E-state index in [0.29, 0.717) is 0 Å². The van der Waals surface area contributed by atoms with Gasteiger partial charge >= 0.3 is 0 Å². The predicted octanol–water partition coefficient (Wildman–Crippen LogP) is 1.67. The summed E-state index contributed by atoms with van der Waals surface area (Å²) in [6.45, 7) is 5.82. The second-order valence-corrected chi connectivity index (χ2v) is 2.37. The first kappa shape index (κ1) is 8.21. The largest absolute Gasteiger partial charge is 0.483 e. The zero-order chi connectivity index (χ0) is 7.28. The Labute approximate surface area is 55.2 Å². The van der Waals surface area contributed by atoms with E-state index in [4.69, 9.17) is 9.90 Å². The van der Waals surface area contributed by atoms with Crippen LogP contribution < -0.4 is 0 Å². The zero-order valence-corrected chi connectivity index (χ0v) is 5.63. The molecule has 0 heterocycles. The van der Waals surface area contributed by atoms with Crippen molar-refractivity contribution in [3.05, 3.63) is 12.2 Å². The quantitative estimate of drug-likeness (QED) is 0.398. The van der Waals surface area contributed by atoms with E-state index in [0.717, 1.165) is 5.92 Å². The van der Waals surface area contributed by atoms with E-state index in [1.54, 1.807) is 0 Å². The molecule has 1 aliphatic carbocycles. The molecule has 0 amide bonds. The first-order chi connectivity index (χ1) is 4.20. The molecule has 0 atom stereocenters. The summed E-state index contributed by atoms with van der Waals surface area (Å²) < 4.78 is 0. The molecule has 0 saturated heterocycles. The molecule has 1 saturated carbocycles. The van der Waals surface area contributed by atoms with E-state index < -0.39 is 0 Å². The van der Waals surface area contributed by atoms with Gasteiger partial charge in [0.2, 0.25) is 0 Å². The fourth-order valence-corrected chi connectivity index (χ4v) is 0.926. The molecular formula is C7H12O2. The van der Waals surface area contributed by atoms with Gasteiger partial charge in [-0.05, 0) is 18.8 Å². The normalized spacial score (nSPS) is 17.2. The van der Waals surface area contributed by atoms with Crippen LogP contribution in [-0.2, 0) is 4.79 Å². The van der Waals surface area contributed by atoms with Crippen LogP contribution in [-0.4, -0.2) is 11.6 Å². The maximum atomic E-state index is 8.36. The molecule has 1 rings (SSSR count). The number of rotatable bonds is 0. The van der Waals surface area contributed by atoms with Gasteiger partial charge in [-0.15, -0.1) is 0 Å². The Hall–Kier alpha value is -0.790. The standard InChI is InChI=1S/C6H10.CH2O2/c1-5-3-6(2)4-5;2-1-3/h6H,1,3-4H2,2H3;1H,(H,2,3). The lowest BCUT2D eigenvalue weighted by Crippen LogP contribution is -2.08. The summed E-state index contributed by atoms with van der Waals surface area (Å²) in [4.78, 5) is 8.36. The fraction of sp³-hybridized carbons (Fsp3) is 0.571. The van der Waals surface area contributed by atoms with Crippen molar-refractivity contribution in [3.8, 4) is 0 Å². The third-order valence-electron chi connectivity index (χ3n) is 1.27. The minimum Gasteiger partial charge on any atom is -0.483 e. The summed E-state index contributed by atoms with van der Waals surface area (Å²) in [7, 11) is 0. The van der Waals surface area contributed by atoms with Crippen molar-refractivity contribution < 1.29 is 9.90 Å². The van der Waals surface area contributed by atoms with E-state index in [1.165, 1.54) is 18.4 Å². The van der Waals surface area contributed by atoms with Gasteiger partial charge in [-0.2, -0.15) is 0 Å². The zero-order valence-electron chi connectivity index (χ0n) is 5.63. The summed E-state index contributed by atoms with van der Waals surface area (Å²) in [6.07, 6.45) is 2.56. The highest BCUT2D eigenvalue weighted by Crippen LogP contribution is 2.29. The minimum absolute atomic E-state index is 0.250. The smallest absolute Gasteiger partial charge is 0.290 e. The molecular weight excluding hydrogens is 116 g/mol. The average molecular weight is 128 g/mol. The Kier molecular flexibility index (Phi) is 3.76. The van der Waals surface area contributed by atoms with Crippen molar-refractivity contribution in [3.63, 3.8) is 0 Å². The van der Waals surface area contributed by atoms with E-state index in [-0.39, 0.29) is 6.47 Å². The van der Waals surface area contributed by atoms with E-state index in [2.05, 4.69) is 13.5 Å². The van der Waals surface area contributed by atoms with Gasteiger partial charge in [0.05, 0.1) is 0 Å². The Morgan fingerprint density at radius 1 is 1.78 bits per heavy atom. The molecule has 2 nitrogen and oxygen atoms in total. The van der Waals surface area contributed by atoms with Gasteiger partial charge in [0, 0.05) is 0 Å². The van der Waals surface area contributed by atoms with Crippen LogP contribution in [0.15, 0.2) is 12.2 Å². The molecule has 1 fully saturated rings. The van der Waals surface area contributed by atoms with E-state index in [1.807, 2.05) is 0 Å². The Morgan fingerprint density at radius 2 is 2.11 bits per heavy atom. The number of allylic oxidation sites excluding steroid dienone is 1. The first-order valence-corrected chi connectivity index (χ1v) is 2.95. The van der Waals surface area contributed by atoms with Gasteiger partial charge in [0.25, 0.3) is 6.47 Å². The monoisotopic (exact) mass is 128 g/mol. The third kappa shape index (κ3) is 3.76. The summed E-state index contributed by atoms with van der Waals surface area (Å²) in [5.74, 6) is 0.942.